The van der Waals surface area contributed by atoms with Crippen molar-refractivity contribution >= 4 is 47.7 Å². The lowest BCUT2D eigenvalue weighted by Crippen LogP contribution is -2.55. The maximum absolute atomic E-state index is 13.1. The van der Waals surface area contributed by atoms with E-state index in [4.69, 9.17) is 30.0 Å². The highest BCUT2D eigenvalue weighted by molar-refractivity contribution is 6.25. The Morgan fingerprint density at radius 2 is 1.28 bits per heavy atom. The summed E-state index contributed by atoms with van der Waals surface area (Å²) in [6, 6.07) is -2.44. The lowest BCUT2D eigenvalue weighted by molar-refractivity contribution is -0.143. The molecule has 3 N–H and O–H groups in total. The molecule has 18 heteroatoms. The summed E-state index contributed by atoms with van der Waals surface area (Å²) in [5, 5.41) is 7.60. The van der Waals surface area contributed by atoms with Crippen molar-refractivity contribution < 1.29 is 57.3 Å². The molecular formula is C28H44N8O10. The topological polar surface area (TPSA) is 251 Å². The molecule has 0 aromatic carbocycles. The van der Waals surface area contributed by atoms with E-state index in [9.17, 15) is 28.8 Å². The van der Waals surface area contributed by atoms with Crippen LogP contribution in [-0.2, 0) is 47.7 Å². The number of amides is 3. The first-order valence-corrected chi connectivity index (χ1v) is 14.5. The molecule has 3 amide bonds. The van der Waals surface area contributed by atoms with Gasteiger partial charge in [0.05, 0.1) is 52.6 Å². The Labute approximate surface area is 267 Å². The van der Waals surface area contributed by atoms with E-state index >= 15 is 0 Å². The molecule has 0 aliphatic heterocycles. The van der Waals surface area contributed by atoms with E-state index in [-0.39, 0.29) is 97.4 Å². The summed E-state index contributed by atoms with van der Waals surface area (Å²) in [6.07, 6.45) is 2.11. The van der Waals surface area contributed by atoms with Crippen molar-refractivity contribution in [1.29, 1.82) is 0 Å². The second kappa shape index (κ2) is 26.9. The van der Waals surface area contributed by atoms with Crippen molar-refractivity contribution in [2.24, 2.45) is 0 Å². The van der Waals surface area contributed by atoms with Crippen molar-refractivity contribution in [3.8, 4) is 0 Å². The number of ether oxygens (including phenoxy) is 4. The fourth-order valence-corrected chi connectivity index (χ4v) is 3.46. The van der Waals surface area contributed by atoms with Gasteiger partial charge in [-0.1, -0.05) is 12.7 Å². The van der Waals surface area contributed by atoms with Crippen LogP contribution < -0.4 is 16.0 Å². The molecule has 0 bridgehead atoms. The Hall–Kier alpha value is -4.44. The van der Waals surface area contributed by atoms with Crippen molar-refractivity contribution in [2.75, 3.05) is 73.4 Å². The molecule has 0 aliphatic rings. The zero-order valence-electron chi connectivity index (χ0n) is 26.3. The van der Waals surface area contributed by atoms with Crippen LogP contribution >= 0.6 is 0 Å². The third kappa shape index (κ3) is 23.0. The van der Waals surface area contributed by atoms with Crippen LogP contribution in [0.4, 0.5) is 0 Å². The zero-order valence-corrected chi connectivity index (χ0v) is 26.3. The highest BCUT2D eigenvalue weighted by Crippen LogP contribution is 2.04. The number of likely N-dealkylation sites (N-methyl/N-ethyl adjacent to an activating group) is 1. The molecular weight excluding hydrogens is 608 g/mol. The van der Waals surface area contributed by atoms with E-state index in [1.165, 1.54) is 6.08 Å². The van der Waals surface area contributed by atoms with Crippen molar-refractivity contribution in [3.05, 3.63) is 23.7 Å². The predicted molar refractivity (Wildman–Crippen MR) is 162 cm³/mol. The number of nitrogens with one attached hydrogen (secondary N) is 3. The summed E-state index contributed by atoms with van der Waals surface area (Å²) in [6.45, 7) is 4.93. The van der Waals surface area contributed by atoms with Crippen LogP contribution in [0.2, 0.25) is 0 Å². The highest BCUT2D eigenvalue weighted by Gasteiger charge is 2.28. The molecule has 0 saturated carbocycles. The lowest BCUT2D eigenvalue weighted by Gasteiger charge is -2.23. The van der Waals surface area contributed by atoms with Gasteiger partial charge in [0.15, 0.2) is 0 Å². The smallest absolute Gasteiger partial charge is 0.323 e. The van der Waals surface area contributed by atoms with Gasteiger partial charge in [0.1, 0.15) is 18.7 Å². The van der Waals surface area contributed by atoms with Crippen LogP contribution in [0.3, 0.4) is 0 Å². The Morgan fingerprint density at radius 3 is 1.80 bits per heavy atom. The van der Waals surface area contributed by atoms with E-state index in [1.54, 1.807) is 19.0 Å². The molecule has 0 saturated heterocycles. The zero-order chi connectivity index (χ0) is 34.6. The molecule has 256 valence electrons. The molecule has 18 nitrogen and oxygen atoms in total. The number of hydrogen-bond acceptors (Lipinski definition) is 11. The minimum absolute atomic E-state index is 0.0533. The number of Topliss-reactive ketones (excluding diaryl/α,β-unsaturated/α-hetero) is 2. The molecule has 0 heterocycles. The van der Waals surface area contributed by atoms with Gasteiger partial charge < -0.3 is 50.9 Å². The van der Waals surface area contributed by atoms with Gasteiger partial charge >= 0.3 is 18.4 Å². The van der Waals surface area contributed by atoms with Gasteiger partial charge in [-0.25, -0.2) is 0 Å². The van der Waals surface area contributed by atoms with Gasteiger partial charge in [-0.3, -0.25) is 28.8 Å². The van der Waals surface area contributed by atoms with Gasteiger partial charge in [0.2, 0.25) is 29.3 Å². The third-order valence-electron chi connectivity index (χ3n) is 5.61. The summed E-state index contributed by atoms with van der Waals surface area (Å²) in [5.74, 6) is -3.52. The van der Waals surface area contributed by atoms with Crippen molar-refractivity contribution in [2.45, 2.75) is 44.2 Å². The molecule has 0 spiro atoms. The monoisotopic (exact) mass is 652 g/mol. The fraction of sp³-hybridized carbons (Fsp3) is 0.643. The standard InChI is InChI=1S/C28H44N8O10/c1-4-11-46-26(40)9-12-43-14-16-45-17-15-44-13-10-31-27(41)23(7-5-21(37)18-32-29)35-28(42)24(8-6-22(38)19-33-30)34-25(39)20-36(2)3/h4,18-19,23-24H,1,5-17,20H2,2-3H3,(H,31,41)(H,34,39)(H,35,42)/t23-,24-/m0/s1. The number of carbonyl (C=O) groups is 6. The fourth-order valence-electron chi connectivity index (χ4n) is 3.46. The quantitative estimate of drug-likeness (QED) is 0.0210. The number of esters is 1. The van der Waals surface area contributed by atoms with Crippen LogP contribution in [-0.4, -0.2) is 148 Å². The van der Waals surface area contributed by atoms with Crippen LogP contribution in [0.5, 0.6) is 0 Å². The first-order chi connectivity index (χ1) is 22.0. The maximum atomic E-state index is 13.1. The SMILES string of the molecule is C=CCOC(=O)CCOCCOCCOCCNC(=O)[C@H](CCC(=O)C=[N+]=[N-])NC(=O)[C@H](CCC(=O)C=[N+]=[N-])NC(=O)CN(C)C. The first kappa shape index (κ1) is 41.6. The van der Waals surface area contributed by atoms with E-state index < -0.39 is 41.4 Å². The normalized spacial score (nSPS) is 11.6. The van der Waals surface area contributed by atoms with Gasteiger partial charge in [0, 0.05) is 19.4 Å². The van der Waals surface area contributed by atoms with E-state index in [0.717, 1.165) is 0 Å². The molecule has 2 atom stereocenters. The molecule has 0 unspecified atom stereocenters. The number of hydrogen-bond donors (Lipinski definition) is 3. The molecule has 0 aromatic heterocycles. The van der Waals surface area contributed by atoms with Gasteiger partial charge in [-0.15, -0.1) is 0 Å². The first-order valence-electron chi connectivity index (χ1n) is 14.5. The summed E-state index contributed by atoms with van der Waals surface area (Å²) in [5.41, 5.74) is 17.1. The van der Waals surface area contributed by atoms with Crippen molar-refractivity contribution in [3.63, 3.8) is 0 Å². The maximum Gasteiger partial charge on any atom is 0.323 e. The lowest BCUT2D eigenvalue weighted by atomic mass is 10.0. The van der Waals surface area contributed by atoms with Gasteiger partial charge in [-0.05, 0) is 26.9 Å². The molecule has 0 rings (SSSR count). The van der Waals surface area contributed by atoms with E-state index in [1.807, 2.05) is 0 Å². The van der Waals surface area contributed by atoms with Crippen molar-refractivity contribution in [1.82, 2.24) is 20.9 Å². The second-order valence-corrected chi connectivity index (χ2v) is 9.77. The predicted octanol–water partition coefficient (Wildman–Crippen LogP) is -1.90. The minimum Gasteiger partial charge on any atom is -0.461 e. The molecule has 0 aliphatic carbocycles. The van der Waals surface area contributed by atoms with Crippen LogP contribution in [0.1, 0.15) is 32.1 Å². The molecule has 0 radical (unpaired) electrons. The van der Waals surface area contributed by atoms with Crippen LogP contribution in [0.15, 0.2) is 12.7 Å². The van der Waals surface area contributed by atoms with E-state index in [0.29, 0.717) is 12.4 Å². The van der Waals surface area contributed by atoms with Gasteiger partial charge in [0.25, 0.3) is 0 Å². The Bertz CT molecular complexity index is 1100. The molecule has 46 heavy (non-hydrogen) atoms. The summed E-state index contributed by atoms with van der Waals surface area (Å²) >= 11 is 0. The summed E-state index contributed by atoms with van der Waals surface area (Å²) in [7, 11) is 3.29. The number of nitrogens with zero attached hydrogens (tertiary/aromatic N) is 5. The van der Waals surface area contributed by atoms with Gasteiger partial charge in [-0.2, -0.15) is 9.58 Å². The summed E-state index contributed by atoms with van der Waals surface area (Å²) < 4.78 is 20.9. The minimum atomic E-state index is -1.22. The number of rotatable bonds is 28. The Kier molecular flexibility index (Phi) is 24.3. The largest absolute Gasteiger partial charge is 0.461 e. The third-order valence-corrected chi connectivity index (χ3v) is 5.61. The van der Waals surface area contributed by atoms with Crippen LogP contribution in [0.25, 0.3) is 11.1 Å². The average molecular weight is 653 g/mol. The van der Waals surface area contributed by atoms with Crippen LogP contribution in [0, 0.1) is 0 Å². The highest BCUT2D eigenvalue weighted by atomic mass is 16.5. The Morgan fingerprint density at radius 1 is 0.761 bits per heavy atom. The number of carbonyl (C=O) groups excluding carboxylic acids is 6. The average Bonchev–Trinajstić information content (AvgIpc) is 3.00. The Balaban J connectivity index is 4.84. The molecule has 0 fully saturated rings. The summed E-state index contributed by atoms with van der Waals surface area (Å²) in [4.78, 5) is 80.2. The second-order valence-electron chi connectivity index (χ2n) is 9.77. The van der Waals surface area contributed by atoms with E-state index in [2.05, 4.69) is 32.1 Å². The molecule has 0 aromatic rings. The number of ketones is 2.